The molecule has 0 aliphatic carbocycles. The fourth-order valence-corrected chi connectivity index (χ4v) is 4.12. The number of hydrogen-bond acceptors (Lipinski definition) is 1. The van der Waals surface area contributed by atoms with Gasteiger partial charge in [0, 0.05) is 43.8 Å². The van der Waals surface area contributed by atoms with Crippen molar-refractivity contribution in [3.8, 4) is 0 Å². The van der Waals surface area contributed by atoms with Crippen molar-refractivity contribution >= 4 is 40.8 Å². The van der Waals surface area contributed by atoms with E-state index >= 15 is 0 Å². The number of benzene rings is 2. The molecule has 1 unspecified atom stereocenters. The predicted octanol–water partition coefficient (Wildman–Crippen LogP) is 4.47. The fourth-order valence-electron chi connectivity index (χ4n) is 4.12. The maximum absolute atomic E-state index is 4.52. The summed E-state index contributed by atoms with van der Waals surface area (Å²) >= 11 is 0. The molecular weight excluding hydrogens is 459 g/mol. The zero-order valence-corrected chi connectivity index (χ0v) is 18.7. The molecule has 0 bridgehead atoms. The molecule has 1 atom stereocenters. The topological polar surface area (TPSA) is 43.4 Å². The van der Waals surface area contributed by atoms with Gasteiger partial charge in [-0.05, 0) is 42.4 Å². The summed E-state index contributed by atoms with van der Waals surface area (Å²) in [5.74, 6) is 1.74. The van der Waals surface area contributed by atoms with Crippen molar-refractivity contribution in [2.75, 3.05) is 26.7 Å². The molecule has 2 aromatic carbocycles. The Labute approximate surface area is 184 Å². The Hall–Kier alpha value is -2.02. The van der Waals surface area contributed by atoms with Crippen LogP contribution in [0.1, 0.15) is 17.5 Å². The summed E-state index contributed by atoms with van der Waals surface area (Å²) in [7, 11) is 1.89. The van der Waals surface area contributed by atoms with Crippen LogP contribution in [-0.4, -0.2) is 42.5 Å². The molecular formula is C23H29IN4. The van der Waals surface area contributed by atoms with Crippen LogP contribution in [0, 0.1) is 5.92 Å². The van der Waals surface area contributed by atoms with Gasteiger partial charge in [0.25, 0.3) is 0 Å². The highest BCUT2D eigenvalue weighted by Crippen LogP contribution is 2.21. The number of halogens is 1. The summed E-state index contributed by atoms with van der Waals surface area (Å²) < 4.78 is 0. The first-order chi connectivity index (χ1) is 13.3. The van der Waals surface area contributed by atoms with E-state index in [-0.39, 0.29) is 24.0 Å². The second-order valence-corrected chi connectivity index (χ2v) is 7.37. The van der Waals surface area contributed by atoms with Crippen molar-refractivity contribution in [3.63, 3.8) is 0 Å². The molecule has 0 radical (unpaired) electrons. The predicted molar refractivity (Wildman–Crippen MR) is 129 cm³/mol. The summed E-state index contributed by atoms with van der Waals surface area (Å²) in [5.41, 5.74) is 4.00. The minimum Gasteiger partial charge on any atom is -0.361 e. The molecule has 3 aromatic rings. The average molecular weight is 488 g/mol. The van der Waals surface area contributed by atoms with Crippen LogP contribution in [0.4, 0.5) is 0 Å². The van der Waals surface area contributed by atoms with E-state index in [1.165, 1.54) is 28.5 Å². The molecule has 28 heavy (non-hydrogen) atoms. The van der Waals surface area contributed by atoms with Gasteiger partial charge in [-0.15, -0.1) is 24.0 Å². The van der Waals surface area contributed by atoms with Gasteiger partial charge in [-0.2, -0.15) is 0 Å². The van der Waals surface area contributed by atoms with E-state index in [0.29, 0.717) is 5.92 Å². The Morgan fingerprint density at radius 2 is 1.93 bits per heavy atom. The summed E-state index contributed by atoms with van der Waals surface area (Å²) in [6.07, 6.45) is 5.51. The van der Waals surface area contributed by atoms with E-state index in [1.54, 1.807) is 0 Å². The molecule has 1 saturated heterocycles. The van der Waals surface area contributed by atoms with Crippen LogP contribution in [0.5, 0.6) is 0 Å². The molecule has 4 nitrogen and oxygen atoms in total. The Balaban J connectivity index is 0.00000225. The van der Waals surface area contributed by atoms with Crippen LogP contribution in [0.25, 0.3) is 10.9 Å². The molecule has 0 spiro atoms. The lowest BCUT2D eigenvalue weighted by Crippen LogP contribution is -2.41. The molecule has 1 aliphatic rings. The minimum atomic E-state index is 0. The number of H-pyrrole nitrogens is 1. The fraction of sp³-hybridized carbons (Fsp3) is 0.348. The van der Waals surface area contributed by atoms with Gasteiger partial charge in [-0.1, -0.05) is 48.5 Å². The third-order valence-corrected chi connectivity index (χ3v) is 5.52. The molecule has 1 aliphatic heterocycles. The largest absolute Gasteiger partial charge is 0.361 e. The maximum atomic E-state index is 4.52. The van der Waals surface area contributed by atoms with E-state index < -0.39 is 0 Å². The Bertz CT molecular complexity index is 903. The van der Waals surface area contributed by atoms with Gasteiger partial charge in [0.2, 0.25) is 0 Å². The highest BCUT2D eigenvalue weighted by atomic mass is 127. The van der Waals surface area contributed by atoms with Gasteiger partial charge >= 0.3 is 0 Å². The molecule has 0 saturated carbocycles. The molecule has 1 aromatic heterocycles. The Morgan fingerprint density at radius 1 is 1.14 bits per heavy atom. The van der Waals surface area contributed by atoms with Gasteiger partial charge in [0.15, 0.2) is 5.96 Å². The highest BCUT2D eigenvalue weighted by Gasteiger charge is 2.24. The molecule has 4 rings (SSSR count). The Morgan fingerprint density at radius 3 is 2.75 bits per heavy atom. The van der Waals surface area contributed by atoms with Crippen LogP contribution >= 0.6 is 24.0 Å². The number of nitrogens with zero attached hydrogens (tertiary/aromatic N) is 2. The number of hydrogen-bond donors (Lipinski definition) is 2. The number of fused-ring (bicyclic) bond motifs is 1. The summed E-state index contributed by atoms with van der Waals surface area (Å²) in [4.78, 5) is 10.3. The van der Waals surface area contributed by atoms with E-state index in [1.807, 2.05) is 7.05 Å². The van der Waals surface area contributed by atoms with E-state index in [0.717, 1.165) is 38.4 Å². The molecule has 2 heterocycles. The first kappa shape index (κ1) is 20.7. The monoisotopic (exact) mass is 488 g/mol. The normalized spacial score (nSPS) is 17.0. The SMILES string of the molecule is CN=C(NCCc1c[nH]c2ccccc12)N1CCC(Cc2ccccc2)C1.I. The smallest absolute Gasteiger partial charge is 0.193 e. The number of para-hydroxylation sites is 1. The minimum absolute atomic E-state index is 0. The second-order valence-electron chi connectivity index (χ2n) is 7.37. The Kier molecular flexibility index (Phi) is 7.36. The lowest BCUT2D eigenvalue weighted by molar-refractivity contribution is 0.460. The number of aliphatic imine (C=N–C) groups is 1. The lowest BCUT2D eigenvalue weighted by atomic mass is 9.99. The van der Waals surface area contributed by atoms with Gasteiger partial charge < -0.3 is 15.2 Å². The van der Waals surface area contributed by atoms with Gasteiger partial charge in [-0.25, -0.2) is 0 Å². The summed E-state index contributed by atoms with van der Waals surface area (Å²) in [5, 5.41) is 4.88. The number of guanidine groups is 1. The van der Waals surface area contributed by atoms with Crippen molar-refractivity contribution in [1.82, 2.24) is 15.2 Å². The van der Waals surface area contributed by atoms with Crippen molar-refractivity contribution in [1.29, 1.82) is 0 Å². The van der Waals surface area contributed by atoms with Crippen molar-refractivity contribution < 1.29 is 0 Å². The highest BCUT2D eigenvalue weighted by molar-refractivity contribution is 14.0. The first-order valence-electron chi connectivity index (χ1n) is 9.88. The zero-order chi connectivity index (χ0) is 18.5. The molecule has 0 amide bonds. The standard InChI is InChI=1S/C23H28N4.HI/c1-24-23(25-13-11-20-16-26-22-10-6-5-9-21(20)22)27-14-12-19(17-27)15-18-7-3-2-4-8-18;/h2-10,16,19,26H,11-15,17H2,1H3,(H,24,25);1H. The van der Waals surface area contributed by atoms with Gasteiger partial charge in [-0.3, -0.25) is 4.99 Å². The third kappa shape index (κ3) is 4.87. The van der Waals surface area contributed by atoms with Gasteiger partial charge in [0.1, 0.15) is 0 Å². The summed E-state index contributed by atoms with van der Waals surface area (Å²) in [6.45, 7) is 3.07. The van der Waals surface area contributed by atoms with Crippen LogP contribution in [0.2, 0.25) is 0 Å². The van der Waals surface area contributed by atoms with Crippen LogP contribution < -0.4 is 5.32 Å². The maximum Gasteiger partial charge on any atom is 0.193 e. The number of rotatable bonds is 5. The first-order valence-corrected chi connectivity index (χ1v) is 9.88. The molecule has 2 N–H and O–H groups in total. The number of aromatic amines is 1. The van der Waals surface area contributed by atoms with E-state index in [9.17, 15) is 0 Å². The van der Waals surface area contributed by atoms with Crippen molar-refractivity contribution in [2.24, 2.45) is 10.9 Å². The molecule has 1 fully saturated rings. The number of nitrogens with one attached hydrogen (secondary N) is 2. The summed E-state index contributed by atoms with van der Waals surface area (Å²) in [6, 6.07) is 19.3. The zero-order valence-electron chi connectivity index (χ0n) is 16.4. The molecule has 5 heteroatoms. The number of likely N-dealkylation sites (tertiary alicyclic amines) is 1. The quantitative estimate of drug-likeness (QED) is 0.316. The van der Waals surface area contributed by atoms with Crippen LogP contribution in [0.3, 0.4) is 0 Å². The van der Waals surface area contributed by atoms with Gasteiger partial charge in [0.05, 0.1) is 0 Å². The van der Waals surface area contributed by atoms with Crippen LogP contribution in [0.15, 0.2) is 65.8 Å². The van der Waals surface area contributed by atoms with Crippen molar-refractivity contribution in [3.05, 3.63) is 71.9 Å². The second kappa shape index (κ2) is 9.96. The van der Waals surface area contributed by atoms with E-state index in [4.69, 9.17) is 0 Å². The van der Waals surface area contributed by atoms with Crippen molar-refractivity contribution in [2.45, 2.75) is 19.3 Å². The molecule has 148 valence electrons. The number of aromatic nitrogens is 1. The van der Waals surface area contributed by atoms with E-state index in [2.05, 4.69) is 81.0 Å². The average Bonchev–Trinajstić information content (AvgIpc) is 3.33. The van der Waals surface area contributed by atoms with Crippen LogP contribution in [-0.2, 0) is 12.8 Å². The third-order valence-electron chi connectivity index (χ3n) is 5.52. The lowest BCUT2D eigenvalue weighted by Gasteiger charge is -2.21.